The van der Waals surface area contributed by atoms with Crippen LogP contribution in [0, 0.1) is 5.92 Å². The lowest BCUT2D eigenvalue weighted by Crippen LogP contribution is -2.27. The van der Waals surface area contributed by atoms with Gasteiger partial charge >= 0.3 is 12.1 Å². The lowest BCUT2D eigenvalue weighted by molar-refractivity contribution is -0.141. The molecule has 0 saturated heterocycles. The molecular weight excluding hydrogens is 234 g/mol. The van der Waals surface area contributed by atoms with Crippen molar-refractivity contribution < 1.29 is 19.4 Å². The number of carbonyl (C=O) groups excluding carboxylic acids is 1. The van der Waals surface area contributed by atoms with Gasteiger partial charge in [0.15, 0.2) is 0 Å². The maximum atomic E-state index is 11.3. The highest BCUT2D eigenvalue weighted by Crippen LogP contribution is 2.02. The van der Waals surface area contributed by atoms with Crippen LogP contribution in [0.2, 0.25) is 0 Å². The predicted molar refractivity (Wildman–Crippen MR) is 66.0 cm³/mol. The molecule has 0 aliphatic carbocycles. The first-order valence-electron chi connectivity index (χ1n) is 5.77. The van der Waals surface area contributed by atoms with Crippen molar-refractivity contribution in [3.63, 3.8) is 0 Å². The molecule has 0 aliphatic heterocycles. The molecule has 18 heavy (non-hydrogen) atoms. The standard InChI is InChI=1S/C13H17NO4/c1-10(12(15)16)7-8-14-13(17)18-9-11-5-3-2-4-6-11/h2-6,10H,7-9H2,1H3,(H,14,17)(H,15,16). The summed E-state index contributed by atoms with van der Waals surface area (Å²) in [4.78, 5) is 21.8. The minimum Gasteiger partial charge on any atom is -0.481 e. The van der Waals surface area contributed by atoms with Gasteiger partial charge in [-0.05, 0) is 12.0 Å². The zero-order chi connectivity index (χ0) is 13.4. The molecule has 1 atom stereocenters. The van der Waals surface area contributed by atoms with Crippen molar-refractivity contribution in [3.05, 3.63) is 35.9 Å². The first kappa shape index (κ1) is 14.0. The number of alkyl carbamates (subject to hydrolysis) is 1. The van der Waals surface area contributed by atoms with E-state index in [1.54, 1.807) is 6.92 Å². The number of hydrogen-bond acceptors (Lipinski definition) is 3. The fraction of sp³-hybridized carbons (Fsp3) is 0.385. The molecule has 5 heteroatoms. The predicted octanol–water partition coefficient (Wildman–Crippen LogP) is 2.02. The maximum absolute atomic E-state index is 11.3. The van der Waals surface area contributed by atoms with E-state index >= 15 is 0 Å². The minimum atomic E-state index is -0.866. The average Bonchev–Trinajstić information content (AvgIpc) is 2.37. The number of nitrogens with one attached hydrogen (secondary N) is 1. The van der Waals surface area contributed by atoms with Gasteiger partial charge in [-0.15, -0.1) is 0 Å². The SMILES string of the molecule is CC(CCNC(=O)OCc1ccccc1)C(=O)O. The van der Waals surface area contributed by atoms with Crippen molar-refractivity contribution in [1.29, 1.82) is 0 Å². The molecule has 0 spiro atoms. The molecule has 0 aliphatic rings. The summed E-state index contributed by atoms with van der Waals surface area (Å²) in [6.07, 6.45) is -0.146. The van der Waals surface area contributed by atoms with Gasteiger partial charge in [0, 0.05) is 6.54 Å². The number of rotatable bonds is 6. The van der Waals surface area contributed by atoms with Crippen LogP contribution in [0.25, 0.3) is 0 Å². The molecule has 5 nitrogen and oxygen atoms in total. The third-order valence-corrected chi connectivity index (χ3v) is 2.48. The van der Waals surface area contributed by atoms with Gasteiger partial charge in [0.05, 0.1) is 5.92 Å². The fourth-order valence-electron chi connectivity index (χ4n) is 1.29. The van der Waals surface area contributed by atoms with Crippen LogP contribution in [0.5, 0.6) is 0 Å². The lowest BCUT2D eigenvalue weighted by Gasteiger charge is -2.08. The normalized spacial score (nSPS) is 11.6. The lowest BCUT2D eigenvalue weighted by atomic mass is 10.1. The topological polar surface area (TPSA) is 75.6 Å². The average molecular weight is 251 g/mol. The number of carbonyl (C=O) groups is 2. The van der Waals surface area contributed by atoms with Gasteiger partial charge in [0.25, 0.3) is 0 Å². The van der Waals surface area contributed by atoms with Gasteiger partial charge in [-0.2, -0.15) is 0 Å². The van der Waals surface area contributed by atoms with Crippen LogP contribution in [-0.2, 0) is 16.1 Å². The first-order valence-corrected chi connectivity index (χ1v) is 5.77. The fourth-order valence-corrected chi connectivity index (χ4v) is 1.29. The van der Waals surface area contributed by atoms with E-state index in [2.05, 4.69) is 5.32 Å². The van der Waals surface area contributed by atoms with E-state index in [9.17, 15) is 9.59 Å². The second-order valence-electron chi connectivity index (χ2n) is 4.02. The highest BCUT2D eigenvalue weighted by molar-refractivity contribution is 5.70. The van der Waals surface area contributed by atoms with Gasteiger partial charge in [0.2, 0.25) is 0 Å². The van der Waals surface area contributed by atoms with Crippen molar-refractivity contribution in [2.45, 2.75) is 20.0 Å². The Kier molecular flexibility index (Phi) is 5.70. The second-order valence-corrected chi connectivity index (χ2v) is 4.02. The second kappa shape index (κ2) is 7.32. The number of ether oxygens (including phenoxy) is 1. The third kappa shape index (κ3) is 5.34. The van der Waals surface area contributed by atoms with Crippen molar-refractivity contribution in [3.8, 4) is 0 Å². The molecule has 0 radical (unpaired) electrons. The number of carboxylic acids is 1. The van der Waals surface area contributed by atoms with Gasteiger partial charge < -0.3 is 15.2 Å². The van der Waals surface area contributed by atoms with E-state index in [-0.39, 0.29) is 6.61 Å². The Bertz CT molecular complexity index is 391. The van der Waals surface area contributed by atoms with Crippen molar-refractivity contribution in [2.24, 2.45) is 5.92 Å². The summed E-state index contributed by atoms with van der Waals surface area (Å²) >= 11 is 0. The monoisotopic (exact) mass is 251 g/mol. The molecule has 0 saturated carbocycles. The Morgan fingerprint density at radius 1 is 1.33 bits per heavy atom. The molecular formula is C13H17NO4. The van der Waals surface area contributed by atoms with Crippen molar-refractivity contribution in [1.82, 2.24) is 5.32 Å². The van der Waals surface area contributed by atoms with Crippen LogP contribution < -0.4 is 5.32 Å². The molecule has 0 bridgehead atoms. The Labute approximate surface area is 106 Å². The molecule has 1 unspecified atom stereocenters. The number of aliphatic carboxylic acids is 1. The van der Waals surface area contributed by atoms with Crippen LogP contribution >= 0.6 is 0 Å². The van der Waals surface area contributed by atoms with E-state index in [0.717, 1.165) is 5.56 Å². The van der Waals surface area contributed by atoms with Crippen LogP contribution in [0.4, 0.5) is 4.79 Å². The van der Waals surface area contributed by atoms with Gasteiger partial charge in [0.1, 0.15) is 6.61 Å². The number of benzene rings is 1. The minimum absolute atomic E-state index is 0.209. The highest BCUT2D eigenvalue weighted by atomic mass is 16.5. The van der Waals surface area contributed by atoms with Crippen LogP contribution in [0.1, 0.15) is 18.9 Å². The molecule has 0 aromatic heterocycles. The number of hydrogen-bond donors (Lipinski definition) is 2. The van der Waals surface area contributed by atoms with Gasteiger partial charge in [-0.3, -0.25) is 4.79 Å². The number of amides is 1. The summed E-state index contributed by atoms with van der Waals surface area (Å²) in [5, 5.41) is 11.2. The summed E-state index contributed by atoms with van der Waals surface area (Å²) in [7, 11) is 0. The summed E-state index contributed by atoms with van der Waals surface area (Å²) in [5.41, 5.74) is 0.909. The van der Waals surface area contributed by atoms with E-state index in [1.807, 2.05) is 30.3 Å². The zero-order valence-electron chi connectivity index (χ0n) is 10.3. The van der Waals surface area contributed by atoms with Crippen LogP contribution in [0.15, 0.2) is 30.3 Å². The third-order valence-electron chi connectivity index (χ3n) is 2.48. The van der Waals surface area contributed by atoms with Gasteiger partial charge in [-0.1, -0.05) is 37.3 Å². The van der Waals surface area contributed by atoms with E-state index in [1.165, 1.54) is 0 Å². The van der Waals surface area contributed by atoms with E-state index < -0.39 is 18.0 Å². The molecule has 1 aromatic rings. The summed E-state index contributed by atoms with van der Waals surface area (Å²) < 4.78 is 4.97. The van der Waals surface area contributed by atoms with Crippen LogP contribution in [0.3, 0.4) is 0 Å². The van der Waals surface area contributed by atoms with Crippen molar-refractivity contribution in [2.75, 3.05) is 6.54 Å². The molecule has 1 rings (SSSR count). The summed E-state index contributed by atoms with van der Waals surface area (Å²) in [5.74, 6) is -1.34. The largest absolute Gasteiger partial charge is 0.481 e. The highest BCUT2D eigenvalue weighted by Gasteiger charge is 2.11. The molecule has 1 aromatic carbocycles. The zero-order valence-corrected chi connectivity index (χ0v) is 10.3. The number of carboxylic acid groups (broad SMARTS) is 1. The smallest absolute Gasteiger partial charge is 0.407 e. The summed E-state index contributed by atoms with van der Waals surface area (Å²) in [6.45, 7) is 2.10. The summed E-state index contributed by atoms with van der Waals surface area (Å²) in [6, 6.07) is 9.34. The van der Waals surface area contributed by atoms with Crippen LogP contribution in [-0.4, -0.2) is 23.7 Å². The Balaban J connectivity index is 2.17. The maximum Gasteiger partial charge on any atom is 0.407 e. The van der Waals surface area contributed by atoms with Gasteiger partial charge in [-0.25, -0.2) is 4.79 Å². The Hall–Kier alpha value is -2.04. The van der Waals surface area contributed by atoms with E-state index in [0.29, 0.717) is 13.0 Å². The van der Waals surface area contributed by atoms with E-state index in [4.69, 9.17) is 9.84 Å². The molecule has 2 N–H and O–H groups in total. The molecule has 0 fully saturated rings. The quantitative estimate of drug-likeness (QED) is 0.811. The first-order chi connectivity index (χ1) is 8.59. The molecule has 98 valence electrons. The molecule has 0 heterocycles. The Morgan fingerprint density at radius 3 is 2.61 bits per heavy atom. The molecule has 1 amide bonds. The van der Waals surface area contributed by atoms with Crippen molar-refractivity contribution >= 4 is 12.1 Å². The Morgan fingerprint density at radius 2 is 2.00 bits per heavy atom.